The molecule has 1 nitrogen and oxygen atoms in total. The number of rotatable bonds is 0. The maximum atomic E-state index is 8.63. The Balaban J connectivity index is 0.000000490. The summed E-state index contributed by atoms with van der Waals surface area (Å²) < 4.78 is 0. The zero-order valence-corrected chi connectivity index (χ0v) is 6.25. The first-order chi connectivity index (χ1) is 3.39. The summed E-state index contributed by atoms with van der Waals surface area (Å²) in [4.78, 5) is 0. The standard InChI is InChI=1S/C6H6O.Ru.2H/c7-6-4-2-1-3-5-6;;;/h1-5,7H;;;. The zero-order valence-electron chi connectivity index (χ0n) is 4.24. The molecule has 0 unspecified atom stereocenters. The maximum absolute atomic E-state index is 8.63. The monoisotopic (exact) mass is 198 g/mol. The molecule has 46 valence electrons. The first-order valence-electron chi connectivity index (χ1n) is 2.13. The van der Waals surface area contributed by atoms with Gasteiger partial charge in [0, 0.05) is 0 Å². The molecule has 1 aromatic rings. The third-order valence-corrected chi connectivity index (χ3v) is 0.756. The zero-order chi connectivity index (χ0) is 5.11. The van der Waals surface area contributed by atoms with E-state index in [1.54, 1.807) is 24.3 Å². The topological polar surface area (TPSA) is 20.2 Å². The molecule has 8 heavy (non-hydrogen) atoms. The van der Waals surface area contributed by atoms with Crippen molar-refractivity contribution >= 4 is 0 Å². The summed E-state index contributed by atoms with van der Waals surface area (Å²) in [5.41, 5.74) is 0. The Kier molecular flexibility index (Phi) is 3.46. The van der Waals surface area contributed by atoms with Gasteiger partial charge in [0.25, 0.3) is 0 Å². The van der Waals surface area contributed by atoms with E-state index >= 15 is 0 Å². The molecule has 0 aliphatic rings. The van der Waals surface area contributed by atoms with Gasteiger partial charge in [0.15, 0.2) is 0 Å². The first-order valence-corrected chi connectivity index (χ1v) is 2.13. The molecule has 1 N–H and O–H groups in total. The third-order valence-electron chi connectivity index (χ3n) is 0.756. The normalized spacial score (nSPS) is 7.50. The van der Waals surface area contributed by atoms with Crippen LogP contribution in [0.5, 0.6) is 5.75 Å². The Bertz CT molecular complexity index is 138. The molecule has 0 aliphatic heterocycles. The minimum atomic E-state index is 0. The van der Waals surface area contributed by atoms with E-state index in [-0.39, 0.29) is 19.5 Å². The van der Waals surface area contributed by atoms with Crippen LogP contribution in [0.15, 0.2) is 30.3 Å². The van der Waals surface area contributed by atoms with Crippen molar-refractivity contribution in [3.63, 3.8) is 0 Å². The number of hydrogen-bond donors (Lipinski definition) is 1. The summed E-state index contributed by atoms with van der Waals surface area (Å²) in [6.45, 7) is 0. The number of phenols is 1. The van der Waals surface area contributed by atoms with Gasteiger partial charge in [-0.05, 0) is 12.1 Å². The second-order valence-corrected chi connectivity index (χ2v) is 1.34. The number of hydrogen-bond acceptors (Lipinski definition) is 1. The Morgan fingerprint density at radius 2 is 1.50 bits per heavy atom. The minimum absolute atomic E-state index is 0. The van der Waals surface area contributed by atoms with E-state index in [4.69, 9.17) is 5.11 Å². The quantitative estimate of drug-likeness (QED) is 0.611. The van der Waals surface area contributed by atoms with E-state index in [2.05, 4.69) is 0 Å². The van der Waals surface area contributed by atoms with Crippen molar-refractivity contribution in [2.75, 3.05) is 0 Å². The van der Waals surface area contributed by atoms with E-state index in [9.17, 15) is 0 Å². The summed E-state index contributed by atoms with van der Waals surface area (Å²) in [5.74, 6) is 0.322. The molecular formula is C6H8ORu. The molecule has 1 aromatic carbocycles. The number of benzene rings is 1. The van der Waals surface area contributed by atoms with Gasteiger partial charge >= 0.3 is 19.5 Å². The predicted molar refractivity (Wildman–Crippen MR) is 30.9 cm³/mol. The van der Waals surface area contributed by atoms with Gasteiger partial charge < -0.3 is 5.11 Å². The van der Waals surface area contributed by atoms with Gasteiger partial charge in [-0.3, -0.25) is 0 Å². The number of para-hydroxylation sites is 1. The van der Waals surface area contributed by atoms with E-state index < -0.39 is 0 Å². The molecule has 0 fully saturated rings. The molecule has 0 atom stereocenters. The van der Waals surface area contributed by atoms with Gasteiger partial charge in [0.2, 0.25) is 0 Å². The van der Waals surface area contributed by atoms with Crippen molar-refractivity contribution in [1.82, 2.24) is 0 Å². The van der Waals surface area contributed by atoms with E-state index in [1.807, 2.05) is 6.07 Å². The summed E-state index contributed by atoms with van der Waals surface area (Å²) in [6, 6.07) is 8.71. The van der Waals surface area contributed by atoms with E-state index in [0.29, 0.717) is 5.75 Å². The van der Waals surface area contributed by atoms with Crippen LogP contribution in [0.25, 0.3) is 0 Å². The number of aromatic hydroxyl groups is 1. The van der Waals surface area contributed by atoms with Crippen molar-refractivity contribution in [2.45, 2.75) is 0 Å². The van der Waals surface area contributed by atoms with Gasteiger partial charge in [-0.25, -0.2) is 0 Å². The molecular weight excluding hydrogens is 189 g/mol. The van der Waals surface area contributed by atoms with Crippen LogP contribution >= 0.6 is 0 Å². The van der Waals surface area contributed by atoms with E-state index in [1.165, 1.54) is 0 Å². The fourth-order valence-corrected chi connectivity index (χ4v) is 0.428. The van der Waals surface area contributed by atoms with Crippen LogP contribution < -0.4 is 0 Å². The Hall–Kier alpha value is -0.357. The predicted octanol–water partition coefficient (Wildman–Crippen LogP) is 0.854. The fourth-order valence-electron chi connectivity index (χ4n) is 0.428. The summed E-state index contributed by atoms with van der Waals surface area (Å²) >= 11 is 0. The fraction of sp³-hybridized carbons (Fsp3) is 0. The second kappa shape index (κ2) is 3.62. The van der Waals surface area contributed by atoms with Crippen molar-refractivity contribution in [2.24, 2.45) is 0 Å². The Morgan fingerprint density at radius 3 is 1.75 bits per heavy atom. The summed E-state index contributed by atoms with van der Waals surface area (Å²) in [7, 11) is 0. The van der Waals surface area contributed by atoms with Crippen LogP contribution in [-0.4, -0.2) is 5.11 Å². The second-order valence-electron chi connectivity index (χ2n) is 1.34. The molecule has 1 rings (SSSR count). The van der Waals surface area contributed by atoms with Crippen LogP contribution in [0, 0.1) is 0 Å². The molecule has 0 heterocycles. The summed E-state index contributed by atoms with van der Waals surface area (Å²) in [5, 5.41) is 8.63. The van der Waals surface area contributed by atoms with Gasteiger partial charge in [0.05, 0.1) is 0 Å². The molecule has 0 aliphatic carbocycles. The van der Waals surface area contributed by atoms with Crippen molar-refractivity contribution in [3.05, 3.63) is 30.3 Å². The van der Waals surface area contributed by atoms with Gasteiger partial charge in [-0.15, -0.1) is 0 Å². The Labute approximate surface area is 61.1 Å². The molecule has 0 radical (unpaired) electrons. The van der Waals surface area contributed by atoms with Crippen molar-refractivity contribution in [3.8, 4) is 5.75 Å². The summed E-state index contributed by atoms with van der Waals surface area (Å²) in [6.07, 6.45) is 0. The van der Waals surface area contributed by atoms with Gasteiger partial charge in [0.1, 0.15) is 5.75 Å². The molecule has 0 saturated carbocycles. The van der Waals surface area contributed by atoms with Crippen LogP contribution in [0.2, 0.25) is 0 Å². The number of phenolic OH excluding ortho intramolecular Hbond substituents is 1. The van der Waals surface area contributed by atoms with Crippen LogP contribution in [0.4, 0.5) is 0 Å². The van der Waals surface area contributed by atoms with Crippen LogP contribution in [-0.2, 0) is 19.5 Å². The van der Waals surface area contributed by atoms with E-state index in [0.717, 1.165) is 0 Å². The molecule has 2 heteroatoms. The first kappa shape index (κ1) is 7.64. The van der Waals surface area contributed by atoms with Crippen molar-refractivity contribution < 1.29 is 24.6 Å². The van der Waals surface area contributed by atoms with Crippen molar-refractivity contribution in [1.29, 1.82) is 0 Å². The van der Waals surface area contributed by atoms with Crippen LogP contribution in [0.3, 0.4) is 0 Å². The Morgan fingerprint density at radius 1 is 1.00 bits per heavy atom. The molecule has 0 spiro atoms. The SMILES string of the molecule is Oc1ccccc1.[RuH2]. The molecule has 0 aromatic heterocycles. The average molecular weight is 197 g/mol. The molecule has 0 bridgehead atoms. The van der Waals surface area contributed by atoms with Crippen LogP contribution in [0.1, 0.15) is 0 Å². The van der Waals surface area contributed by atoms with Gasteiger partial charge in [-0.2, -0.15) is 0 Å². The molecule has 0 saturated heterocycles. The third kappa shape index (κ3) is 2.08. The molecule has 0 amide bonds. The van der Waals surface area contributed by atoms with Gasteiger partial charge in [-0.1, -0.05) is 18.2 Å². The average Bonchev–Trinajstić information content (AvgIpc) is 1.69.